The van der Waals surface area contributed by atoms with E-state index in [4.69, 9.17) is 0 Å². The second-order valence-corrected chi connectivity index (χ2v) is 7.40. The predicted molar refractivity (Wildman–Crippen MR) is 105 cm³/mol. The third kappa shape index (κ3) is 3.24. The number of anilines is 1. The molecule has 1 saturated carbocycles. The normalized spacial score (nSPS) is 17.0. The Bertz CT molecular complexity index is 841. The van der Waals surface area contributed by atoms with Crippen LogP contribution in [0.2, 0.25) is 0 Å². The molecular formula is C21H24ClFN2O. The van der Waals surface area contributed by atoms with Crippen molar-refractivity contribution in [1.29, 1.82) is 0 Å². The Balaban J connectivity index is 0.00000196. The number of fused-ring (bicyclic) bond motifs is 1. The van der Waals surface area contributed by atoms with Gasteiger partial charge in [0, 0.05) is 6.54 Å². The predicted octanol–water partition coefficient (Wildman–Crippen LogP) is 4.18. The molecule has 26 heavy (non-hydrogen) atoms. The number of hydrogen-bond acceptors (Lipinski definition) is 2. The van der Waals surface area contributed by atoms with Gasteiger partial charge in [-0.1, -0.05) is 35.4 Å². The number of aryl methyl sites for hydroxylation is 2. The number of amides is 1. The molecule has 4 rings (SSSR count). The van der Waals surface area contributed by atoms with Gasteiger partial charge >= 0.3 is 0 Å². The van der Waals surface area contributed by atoms with Gasteiger partial charge in [-0.15, -0.1) is 12.4 Å². The Morgan fingerprint density at radius 2 is 1.85 bits per heavy atom. The number of carbonyl (C=O) groups excluding carboxylic acids is 1. The molecule has 0 saturated heterocycles. The highest BCUT2D eigenvalue weighted by Gasteiger charge is 2.51. The zero-order chi connectivity index (χ0) is 17.6. The minimum atomic E-state index is -0.499. The maximum atomic E-state index is 14.8. The minimum Gasteiger partial charge on any atom is -0.323 e. The van der Waals surface area contributed by atoms with E-state index in [0.29, 0.717) is 18.7 Å². The van der Waals surface area contributed by atoms with Crippen molar-refractivity contribution in [3.8, 4) is 0 Å². The highest BCUT2D eigenvalue weighted by molar-refractivity contribution is 6.01. The fourth-order valence-corrected chi connectivity index (χ4v) is 3.89. The van der Waals surface area contributed by atoms with Gasteiger partial charge in [0.25, 0.3) is 0 Å². The summed E-state index contributed by atoms with van der Waals surface area (Å²) in [5, 5.41) is 6.11. The maximum absolute atomic E-state index is 14.8. The monoisotopic (exact) mass is 374 g/mol. The van der Waals surface area contributed by atoms with Crippen LogP contribution in [0.3, 0.4) is 0 Å². The van der Waals surface area contributed by atoms with Gasteiger partial charge in [0.05, 0.1) is 11.1 Å². The van der Waals surface area contributed by atoms with Gasteiger partial charge in [0.1, 0.15) is 5.82 Å². The SMILES string of the molecule is Cc1cc(C)cc(C2(C(=O)Nc3ccc4c(c3F)CCNC4)CC2)c1.Cl. The summed E-state index contributed by atoms with van der Waals surface area (Å²) >= 11 is 0. The van der Waals surface area contributed by atoms with Gasteiger partial charge < -0.3 is 10.6 Å². The molecule has 0 radical (unpaired) electrons. The Morgan fingerprint density at radius 1 is 1.15 bits per heavy atom. The quantitative estimate of drug-likeness (QED) is 0.846. The van der Waals surface area contributed by atoms with Crippen molar-refractivity contribution in [2.45, 2.75) is 45.1 Å². The van der Waals surface area contributed by atoms with Crippen molar-refractivity contribution in [2.24, 2.45) is 0 Å². The number of hydrogen-bond donors (Lipinski definition) is 2. The van der Waals surface area contributed by atoms with Crippen LogP contribution < -0.4 is 10.6 Å². The van der Waals surface area contributed by atoms with Crippen molar-refractivity contribution in [3.63, 3.8) is 0 Å². The third-order valence-electron chi connectivity index (χ3n) is 5.41. The van der Waals surface area contributed by atoms with E-state index in [-0.39, 0.29) is 24.1 Å². The lowest BCUT2D eigenvalue weighted by atomic mass is 9.91. The van der Waals surface area contributed by atoms with E-state index >= 15 is 0 Å². The molecule has 1 amide bonds. The fraction of sp³-hybridized carbons (Fsp3) is 0.381. The van der Waals surface area contributed by atoms with Gasteiger partial charge in [0.2, 0.25) is 5.91 Å². The van der Waals surface area contributed by atoms with Crippen LogP contribution in [0.1, 0.15) is 40.7 Å². The number of carbonyl (C=O) groups is 1. The average Bonchev–Trinajstić information content (AvgIpc) is 3.39. The van der Waals surface area contributed by atoms with Crippen molar-refractivity contribution >= 4 is 24.0 Å². The minimum absolute atomic E-state index is 0. The summed E-state index contributed by atoms with van der Waals surface area (Å²) in [5.41, 5.74) is 4.88. The first kappa shape index (κ1) is 18.9. The summed E-state index contributed by atoms with van der Waals surface area (Å²) < 4.78 is 14.8. The molecule has 2 aliphatic rings. The third-order valence-corrected chi connectivity index (χ3v) is 5.41. The van der Waals surface area contributed by atoms with E-state index in [9.17, 15) is 9.18 Å². The van der Waals surface area contributed by atoms with E-state index in [2.05, 4.69) is 28.8 Å². The highest BCUT2D eigenvalue weighted by atomic mass is 35.5. The highest BCUT2D eigenvalue weighted by Crippen LogP contribution is 2.49. The second-order valence-electron chi connectivity index (χ2n) is 7.40. The number of rotatable bonds is 3. The molecule has 2 aromatic rings. The lowest BCUT2D eigenvalue weighted by Gasteiger charge is -2.21. The molecule has 0 atom stereocenters. The van der Waals surface area contributed by atoms with Gasteiger partial charge in [-0.25, -0.2) is 4.39 Å². The maximum Gasteiger partial charge on any atom is 0.235 e. The van der Waals surface area contributed by atoms with Gasteiger partial charge in [-0.3, -0.25) is 4.79 Å². The molecule has 1 heterocycles. The molecule has 5 heteroatoms. The molecule has 0 bridgehead atoms. The largest absolute Gasteiger partial charge is 0.323 e. The van der Waals surface area contributed by atoms with E-state index in [0.717, 1.165) is 47.2 Å². The average molecular weight is 375 g/mol. The molecule has 1 aliphatic carbocycles. The zero-order valence-corrected chi connectivity index (χ0v) is 15.9. The molecule has 138 valence electrons. The number of nitrogens with one attached hydrogen (secondary N) is 2. The van der Waals surface area contributed by atoms with Gasteiger partial charge in [-0.05, 0) is 62.4 Å². The smallest absolute Gasteiger partial charge is 0.235 e. The molecule has 0 aromatic heterocycles. The first-order valence-electron chi connectivity index (χ1n) is 8.91. The number of halogens is 2. The Labute approximate surface area is 159 Å². The van der Waals surface area contributed by atoms with Crippen molar-refractivity contribution < 1.29 is 9.18 Å². The lowest BCUT2D eigenvalue weighted by Crippen LogP contribution is -2.29. The summed E-state index contributed by atoms with van der Waals surface area (Å²) in [6.07, 6.45) is 2.30. The summed E-state index contributed by atoms with van der Waals surface area (Å²) in [6.45, 7) is 5.55. The Morgan fingerprint density at radius 3 is 2.50 bits per heavy atom. The first-order valence-corrected chi connectivity index (χ1v) is 8.91. The summed E-state index contributed by atoms with van der Waals surface area (Å²) in [6, 6.07) is 9.87. The molecule has 1 fully saturated rings. The van der Waals surface area contributed by atoms with E-state index in [1.54, 1.807) is 6.07 Å². The summed E-state index contributed by atoms with van der Waals surface area (Å²) in [5.74, 6) is -0.367. The molecule has 1 aliphatic heterocycles. The van der Waals surface area contributed by atoms with Crippen LogP contribution in [0.15, 0.2) is 30.3 Å². The van der Waals surface area contributed by atoms with Crippen LogP contribution in [0.5, 0.6) is 0 Å². The fourth-order valence-electron chi connectivity index (χ4n) is 3.89. The molecular weight excluding hydrogens is 351 g/mol. The van der Waals surface area contributed by atoms with Crippen LogP contribution in [0.25, 0.3) is 0 Å². The van der Waals surface area contributed by atoms with Crippen molar-refractivity contribution in [1.82, 2.24) is 5.32 Å². The van der Waals surface area contributed by atoms with Crippen molar-refractivity contribution in [2.75, 3.05) is 11.9 Å². The first-order chi connectivity index (χ1) is 12.0. The van der Waals surface area contributed by atoms with Gasteiger partial charge in [-0.2, -0.15) is 0 Å². The molecule has 2 aromatic carbocycles. The molecule has 2 N–H and O–H groups in total. The zero-order valence-electron chi connectivity index (χ0n) is 15.1. The Kier molecular flexibility index (Phi) is 5.09. The summed E-state index contributed by atoms with van der Waals surface area (Å²) in [7, 11) is 0. The van der Waals surface area contributed by atoms with E-state index in [1.807, 2.05) is 19.9 Å². The van der Waals surface area contributed by atoms with Crippen LogP contribution in [0, 0.1) is 19.7 Å². The molecule has 0 unspecified atom stereocenters. The van der Waals surface area contributed by atoms with Crippen molar-refractivity contribution in [3.05, 3.63) is 64.0 Å². The van der Waals surface area contributed by atoms with Crippen LogP contribution in [-0.4, -0.2) is 12.5 Å². The topological polar surface area (TPSA) is 41.1 Å². The van der Waals surface area contributed by atoms with Crippen LogP contribution >= 0.6 is 12.4 Å². The van der Waals surface area contributed by atoms with E-state index in [1.165, 1.54) is 0 Å². The molecule has 3 nitrogen and oxygen atoms in total. The van der Waals surface area contributed by atoms with Crippen LogP contribution in [-0.2, 0) is 23.2 Å². The number of benzene rings is 2. The van der Waals surface area contributed by atoms with Crippen LogP contribution in [0.4, 0.5) is 10.1 Å². The summed E-state index contributed by atoms with van der Waals surface area (Å²) in [4.78, 5) is 12.9. The van der Waals surface area contributed by atoms with E-state index < -0.39 is 5.41 Å². The molecule has 0 spiro atoms. The van der Waals surface area contributed by atoms with Gasteiger partial charge in [0.15, 0.2) is 0 Å². The standard InChI is InChI=1S/C21H23FN2O.ClH/c1-13-9-14(2)11-16(10-13)21(6-7-21)20(25)24-18-4-3-15-12-23-8-5-17(15)19(18)22;/h3-4,9-11,23H,5-8,12H2,1-2H3,(H,24,25);1H. The second kappa shape index (κ2) is 7.01. The Hall–Kier alpha value is -1.91. The lowest BCUT2D eigenvalue weighted by molar-refractivity contribution is -0.118.